The second kappa shape index (κ2) is 34.6. The summed E-state index contributed by atoms with van der Waals surface area (Å²) in [4.78, 5) is 122. The lowest BCUT2D eigenvalue weighted by Gasteiger charge is -2.09. The van der Waals surface area contributed by atoms with Crippen LogP contribution in [0.25, 0.3) is 0 Å². The van der Waals surface area contributed by atoms with Crippen LogP contribution in [0.3, 0.4) is 0 Å². The molecule has 0 aliphatic carbocycles. The summed E-state index contributed by atoms with van der Waals surface area (Å²) in [6.07, 6.45) is -0.256. The lowest BCUT2D eigenvalue weighted by Crippen LogP contribution is -2.16. The van der Waals surface area contributed by atoms with Crippen LogP contribution in [0, 0.1) is 20.2 Å². The minimum atomic E-state index is -0.823. The molecular weight excluding hydrogens is 1110 g/mol. The van der Waals surface area contributed by atoms with Crippen molar-refractivity contribution in [1.82, 2.24) is 0 Å². The zero-order valence-corrected chi connectivity index (χ0v) is 45.9. The number of halogens is 1. The van der Waals surface area contributed by atoms with Gasteiger partial charge in [-0.2, -0.15) is 0 Å². The predicted molar refractivity (Wildman–Crippen MR) is 300 cm³/mol. The summed E-state index contributed by atoms with van der Waals surface area (Å²) >= 11 is 5.13. The van der Waals surface area contributed by atoms with E-state index >= 15 is 0 Å². The van der Waals surface area contributed by atoms with Gasteiger partial charge in [-0.1, -0.05) is 0 Å². The van der Waals surface area contributed by atoms with Crippen molar-refractivity contribution in [3.8, 4) is 0 Å². The summed E-state index contributed by atoms with van der Waals surface area (Å²) in [5, 5.41) is 42.5. The number of ketones is 1. The number of nitrogens with two attached hydrogens (primary N) is 2. The number of non-ortho nitro benzene ring substituents is 2. The number of Topliss-reactive ketones (excluding diaryl/α,β-unsaturated/α-hetero) is 1. The third kappa shape index (κ3) is 23.7. The summed E-state index contributed by atoms with van der Waals surface area (Å²) in [5.74, 6) is -4.67. The zero-order valence-electron chi connectivity index (χ0n) is 45.1. The largest absolute Gasteiger partial charge is 0.510 e. The number of ether oxygens (including phenoxy) is 5. The summed E-state index contributed by atoms with van der Waals surface area (Å²) in [7, 11) is 6.29. The van der Waals surface area contributed by atoms with Gasteiger partial charge in [0.1, 0.15) is 17.2 Å². The van der Waals surface area contributed by atoms with Crippen molar-refractivity contribution in [2.24, 2.45) is 10.2 Å². The van der Waals surface area contributed by atoms with Crippen molar-refractivity contribution in [1.29, 1.82) is 0 Å². The number of hydrogen-bond acceptors (Lipinski definition) is 23. The monoisotopic (exact) mass is 1160 g/mol. The number of carbonyl (C=O) groups excluding carboxylic acids is 9. The molecule has 0 spiro atoms. The Bertz CT molecular complexity index is 3260. The maximum absolute atomic E-state index is 12.7. The Hall–Kier alpha value is -11.2. The Morgan fingerprint density at radius 1 is 0.518 bits per heavy atom. The van der Waals surface area contributed by atoms with E-state index in [0.717, 1.165) is 7.11 Å². The molecule has 83 heavy (non-hydrogen) atoms. The molecule has 28 heteroatoms. The highest BCUT2D eigenvalue weighted by molar-refractivity contribution is 6.67. The molecule has 0 bridgehead atoms. The summed E-state index contributed by atoms with van der Waals surface area (Å²) in [5.41, 5.74) is 13.8. The van der Waals surface area contributed by atoms with E-state index in [0.29, 0.717) is 39.4 Å². The maximum Gasteiger partial charge on any atom is 0.340 e. The van der Waals surface area contributed by atoms with Gasteiger partial charge in [-0.05, 0) is 141 Å². The highest BCUT2D eigenvalue weighted by Crippen LogP contribution is 2.25. The predicted octanol–water partition coefficient (Wildman–Crippen LogP) is 9.16. The Labute approximate surface area is 477 Å². The number of nitrogens with one attached hydrogen (secondary N) is 2. The van der Waals surface area contributed by atoms with Crippen LogP contribution in [0.4, 0.5) is 39.8 Å². The van der Waals surface area contributed by atoms with Crippen LogP contribution in [-0.4, -0.2) is 103 Å². The number of nitro benzene ring substituents is 2. The molecule has 434 valence electrons. The second-order valence-corrected chi connectivity index (χ2v) is 16.3. The smallest absolute Gasteiger partial charge is 0.340 e. The van der Waals surface area contributed by atoms with E-state index in [-0.39, 0.29) is 57.9 Å². The van der Waals surface area contributed by atoms with Crippen molar-refractivity contribution >= 4 is 104 Å². The Morgan fingerprint density at radius 3 is 1.22 bits per heavy atom. The molecule has 0 fully saturated rings. The average Bonchev–Trinajstić information content (AvgIpc) is 3.50. The van der Waals surface area contributed by atoms with Crippen LogP contribution >= 0.6 is 11.6 Å². The number of esters is 5. The molecule has 6 aromatic rings. The van der Waals surface area contributed by atoms with E-state index in [1.807, 2.05) is 0 Å². The minimum Gasteiger partial charge on any atom is -0.510 e. The normalized spacial score (nSPS) is 10.2. The molecule has 0 heterocycles. The van der Waals surface area contributed by atoms with Crippen LogP contribution in [-0.2, 0) is 38.1 Å². The minimum absolute atomic E-state index is 0.0355. The number of allylic oxidation sites excluding steroid dienone is 1. The van der Waals surface area contributed by atoms with Crippen LogP contribution < -0.4 is 22.1 Å². The van der Waals surface area contributed by atoms with Crippen molar-refractivity contribution < 1.29 is 81.8 Å². The molecule has 6 aromatic carbocycles. The molecule has 0 atom stereocenters. The molecule has 0 aromatic heterocycles. The number of aliphatic hydroxyl groups excluding tert-OH is 1. The van der Waals surface area contributed by atoms with Gasteiger partial charge in [0.15, 0.2) is 5.70 Å². The summed E-state index contributed by atoms with van der Waals surface area (Å²) in [6.45, 7) is 2.52. The van der Waals surface area contributed by atoms with E-state index in [1.54, 1.807) is 48.5 Å². The molecule has 0 aliphatic heterocycles. The number of nitrogen functional groups attached to an aromatic ring is 2. The fourth-order valence-corrected chi connectivity index (χ4v) is 5.94. The number of rotatable bonds is 15. The lowest BCUT2D eigenvalue weighted by atomic mass is 10.1. The number of hydrogen-bond donors (Lipinski definition) is 5. The highest BCUT2D eigenvalue weighted by atomic mass is 35.5. The van der Waals surface area contributed by atoms with E-state index in [1.165, 1.54) is 133 Å². The van der Waals surface area contributed by atoms with Gasteiger partial charge < -0.3 is 50.9 Å². The molecule has 0 saturated heterocycles. The van der Waals surface area contributed by atoms with Gasteiger partial charge in [0.25, 0.3) is 22.5 Å². The Balaban J connectivity index is 0.000000405. The molecule has 0 radical (unpaired) electrons. The number of anilines is 4. The Morgan fingerprint density at radius 2 is 0.867 bits per heavy atom. The zero-order chi connectivity index (χ0) is 62.3. The molecule has 2 amide bonds. The standard InChI is InChI=1S/C24H24N4O8.C8H7NO4.2C8H9NO2.C7H4ClNO3/c1-13(29)11-20(31)25-16-6-8-17(9-7-16)26-22(32)21(14(2)30)28-27-19-12-15(23(33)35-3)5-10-18(19)24(34)36-4;1-13-8(10)6-2-4-7(5-3-6)9(11)12;2*1-11-8(10)6-2-4-7(9)5-3-6;8-7(10)5-1-3-6(4-2-5)9(11)12/h5-10,12,30H,11H2,1-4H3,(H,25,31)(H,26,32);2-5H,1H3;2*2-5H,9H2,1H3;1-4H. The number of carbonyl (C=O) groups is 9. The van der Waals surface area contributed by atoms with Gasteiger partial charge in [-0.15, -0.1) is 10.2 Å². The Kier molecular flexibility index (Phi) is 28.3. The first-order valence-electron chi connectivity index (χ1n) is 23.3. The van der Waals surface area contributed by atoms with Crippen molar-refractivity contribution in [3.63, 3.8) is 0 Å². The van der Waals surface area contributed by atoms with Crippen molar-refractivity contribution in [2.75, 3.05) is 57.6 Å². The second-order valence-electron chi connectivity index (χ2n) is 15.9. The number of nitro groups is 2. The number of benzene rings is 6. The number of methoxy groups -OCH3 is 5. The molecule has 0 aliphatic rings. The summed E-state index contributed by atoms with van der Waals surface area (Å²) in [6, 6.07) is 33.3. The van der Waals surface area contributed by atoms with E-state index in [4.69, 9.17) is 27.8 Å². The van der Waals surface area contributed by atoms with E-state index in [9.17, 15) is 68.5 Å². The highest BCUT2D eigenvalue weighted by Gasteiger charge is 2.19. The van der Waals surface area contributed by atoms with Crippen LogP contribution in [0.15, 0.2) is 161 Å². The van der Waals surface area contributed by atoms with Crippen molar-refractivity contribution in [2.45, 2.75) is 20.3 Å². The first-order chi connectivity index (χ1) is 39.3. The van der Waals surface area contributed by atoms with Crippen LogP contribution in [0.5, 0.6) is 0 Å². The molecule has 0 saturated carbocycles. The third-order valence-electron chi connectivity index (χ3n) is 9.94. The van der Waals surface area contributed by atoms with Gasteiger partial charge in [-0.25, -0.2) is 24.0 Å². The van der Waals surface area contributed by atoms with Crippen LogP contribution in [0.2, 0.25) is 0 Å². The molecule has 27 nitrogen and oxygen atoms in total. The number of amides is 2. The van der Waals surface area contributed by atoms with Gasteiger partial charge in [-0.3, -0.25) is 39.4 Å². The van der Waals surface area contributed by atoms with Gasteiger partial charge in [0.05, 0.1) is 79.6 Å². The van der Waals surface area contributed by atoms with E-state index < -0.39 is 56.3 Å². The topological polar surface area (TPSA) is 407 Å². The third-order valence-corrected chi connectivity index (χ3v) is 10.2. The number of azo groups is 1. The fourth-order valence-electron chi connectivity index (χ4n) is 5.81. The van der Waals surface area contributed by atoms with E-state index in [2.05, 4.69) is 39.8 Å². The maximum atomic E-state index is 12.7. The molecular formula is C55H53ClN8O19. The number of nitrogens with zero attached hydrogens (tertiary/aromatic N) is 4. The quantitative estimate of drug-likeness (QED) is 0.00611. The molecule has 7 N–H and O–H groups in total. The van der Waals surface area contributed by atoms with Crippen LogP contribution in [0.1, 0.15) is 82.4 Å². The first kappa shape index (κ1) is 67.9. The van der Waals surface area contributed by atoms with Gasteiger partial charge in [0.2, 0.25) is 5.91 Å². The number of aliphatic hydroxyl groups is 1. The fraction of sp³-hybridized carbons (Fsp3) is 0.145. The lowest BCUT2D eigenvalue weighted by molar-refractivity contribution is -0.385. The molecule has 6 rings (SSSR count). The average molecular weight is 1170 g/mol. The summed E-state index contributed by atoms with van der Waals surface area (Å²) < 4.78 is 22.8. The molecule has 0 unspecified atom stereocenters. The van der Waals surface area contributed by atoms with Gasteiger partial charge in [0, 0.05) is 52.6 Å². The van der Waals surface area contributed by atoms with Crippen molar-refractivity contribution in [3.05, 3.63) is 205 Å². The SMILES string of the molecule is COC(=O)c1ccc(C(=O)OC)c(N=NC(C(=O)Nc2ccc(NC(=O)CC(C)=O)cc2)=C(C)O)c1.COC(=O)c1ccc(N)cc1.COC(=O)c1ccc(N)cc1.COC(=O)c1ccc([N+](=O)[O-])cc1.O=C(Cl)c1ccc([N+](=O)[O-])cc1. The van der Waals surface area contributed by atoms with Gasteiger partial charge >= 0.3 is 29.8 Å². The first-order valence-corrected chi connectivity index (χ1v) is 23.6.